The van der Waals surface area contributed by atoms with Crippen LogP contribution in [0.1, 0.15) is 31.5 Å². The zero-order valence-electron chi connectivity index (χ0n) is 8.46. The molecule has 1 rings (SSSR count). The van der Waals surface area contributed by atoms with Gasteiger partial charge in [-0.15, -0.1) is 0 Å². The molecule has 1 heterocycles. The molecule has 0 saturated heterocycles. The molecule has 0 atom stereocenters. The first-order valence-corrected chi connectivity index (χ1v) is 4.58. The third kappa shape index (κ3) is 2.36. The first-order chi connectivity index (χ1) is 5.59. The van der Waals surface area contributed by atoms with Gasteiger partial charge in [0.2, 0.25) is 0 Å². The van der Waals surface area contributed by atoms with Crippen LogP contribution in [0.4, 0.5) is 0 Å². The summed E-state index contributed by atoms with van der Waals surface area (Å²) in [5.41, 5.74) is 2.57. The molecule has 0 radical (unpaired) electrons. The SMILES string of the molecule is Cc1nn(C)cc1CCC(C)C. The van der Waals surface area contributed by atoms with E-state index in [0.29, 0.717) is 0 Å². The van der Waals surface area contributed by atoms with Crippen molar-refractivity contribution in [1.29, 1.82) is 0 Å². The summed E-state index contributed by atoms with van der Waals surface area (Å²) in [4.78, 5) is 0. The lowest BCUT2D eigenvalue weighted by Gasteiger charge is -2.01. The van der Waals surface area contributed by atoms with E-state index in [1.807, 2.05) is 11.7 Å². The van der Waals surface area contributed by atoms with E-state index < -0.39 is 0 Å². The van der Waals surface area contributed by atoms with Crippen molar-refractivity contribution in [3.05, 3.63) is 17.5 Å². The van der Waals surface area contributed by atoms with Crippen molar-refractivity contribution in [2.24, 2.45) is 13.0 Å². The highest BCUT2D eigenvalue weighted by Crippen LogP contribution is 2.11. The van der Waals surface area contributed by atoms with Crippen molar-refractivity contribution in [3.8, 4) is 0 Å². The minimum Gasteiger partial charge on any atom is -0.275 e. The molecule has 0 aliphatic carbocycles. The van der Waals surface area contributed by atoms with Gasteiger partial charge in [0, 0.05) is 13.2 Å². The molecule has 0 bridgehead atoms. The molecule has 0 fully saturated rings. The molecule has 0 aliphatic rings. The Hall–Kier alpha value is -0.790. The number of hydrogen-bond acceptors (Lipinski definition) is 1. The van der Waals surface area contributed by atoms with Crippen LogP contribution in [0.3, 0.4) is 0 Å². The number of aromatic nitrogens is 2. The van der Waals surface area contributed by atoms with Crippen LogP contribution >= 0.6 is 0 Å². The van der Waals surface area contributed by atoms with Crippen molar-refractivity contribution >= 4 is 0 Å². The number of rotatable bonds is 3. The molecule has 0 spiro atoms. The summed E-state index contributed by atoms with van der Waals surface area (Å²) in [5, 5.41) is 4.31. The Morgan fingerprint density at radius 2 is 2.17 bits per heavy atom. The molecule has 0 aromatic carbocycles. The highest BCUT2D eigenvalue weighted by Gasteiger charge is 2.03. The number of hydrogen-bond donors (Lipinski definition) is 0. The lowest BCUT2D eigenvalue weighted by molar-refractivity contribution is 0.585. The molecule has 2 heteroatoms. The quantitative estimate of drug-likeness (QED) is 0.673. The van der Waals surface area contributed by atoms with Gasteiger partial charge in [-0.05, 0) is 31.2 Å². The Kier molecular flexibility index (Phi) is 2.90. The Balaban J connectivity index is 2.57. The van der Waals surface area contributed by atoms with Gasteiger partial charge < -0.3 is 0 Å². The van der Waals surface area contributed by atoms with Crippen molar-refractivity contribution < 1.29 is 0 Å². The van der Waals surface area contributed by atoms with Crippen LogP contribution in [-0.2, 0) is 13.5 Å². The average Bonchev–Trinajstić information content (AvgIpc) is 2.26. The molecule has 1 aromatic heterocycles. The van der Waals surface area contributed by atoms with E-state index in [1.54, 1.807) is 0 Å². The fourth-order valence-electron chi connectivity index (χ4n) is 1.34. The largest absolute Gasteiger partial charge is 0.275 e. The minimum atomic E-state index is 0.782. The highest BCUT2D eigenvalue weighted by atomic mass is 15.2. The van der Waals surface area contributed by atoms with E-state index in [4.69, 9.17) is 0 Å². The van der Waals surface area contributed by atoms with Gasteiger partial charge in [-0.1, -0.05) is 13.8 Å². The van der Waals surface area contributed by atoms with Crippen molar-refractivity contribution in [1.82, 2.24) is 9.78 Å². The highest BCUT2D eigenvalue weighted by molar-refractivity contribution is 5.15. The van der Waals surface area contributed by atoms with E-state index in [0.717, 1.165) is 12.3 Å². The average molecular weight is 166 g/mol. The maximum absolute atomic E-state index is 4.31. The maximum Gasteiger partial charge on any atom is 0.0625 e. The maximum atomic E-state index is 4.31. The molecule has 1 aromatic rings. The molecule has 2 nitrogen and oxygen atoms in total. The van der Waals surface area contributed by atoms with Crippen LogP contribution in [0.5, 0.6) is 0 Å². The van der Waals surface area contributed by atoms with E-state index in [1.165, 1.54) is 17.7 Å². The van der Waals surface area contributed by atoms with Crippen molar-refractivity contribution in [2.75, 3.05) is 0 Å². The van der Waals surface area contributed by atoms with E-state index >= 15 is 0 Å². The van der Waals surface area contributed by atoms with Crippen LogP contribution in [0.2, 0.25) is 0 Å². The predicted molar refractivity (Wildman–Crippen MR) is 51.1 cm³/mol. The third-order valence-electron chi connectivity index (χ3n) is 2.11. The summed E-state index contributed by atoms with van der Waals surface area (Å²) in [6.45, 7) is 6.59. The molecule has 0 N–H and O–H groups in total. The van der Waals surface area contributed by atoms with Crippen LogP contribution in [0, 0.1) is 12.8 Å². The van der Waals surface area contributed by atoms with Gasteiger partial charge in [0.05, 0.1) is 5.69 Å². The van der Waals surface area contributed by atoms with Gasteiger partial charge in [-0.3, -0.25) is 4.68 Å². The summed E-state index contributed by atoms with van der Waals surface area (Å²) in [6.07, 6.45) is 4.54. The van der Waals surface area contributed by atoms with Gasteiger partial charge in [0.25, 0.3) is 0 Å². The third-order valence-corrected chi connectivity index (χ3v) is 2.11. The summed E-state index contributed by atoms with van der Waals surface area (Å²) >= 11 is 0. The van der Waals surface area contributed by atoms with Crippen LogP contribution in [0.15, 0.2) is 6.20 Å². The second-order valence-corrected chi connectivity index (χ2v) is 3.85. The van der Waals surface area contributed by atoms with Crippen molar-refractivity contribution in [2.45, 2.75) is 33.6 Å². The lowest BCUT2D eigenvalue weighted by Crippen LogP contribution is -1.92. The monoisotopic (exact) mass is 166 g/mol. The summed E-state index contributed by atoms with van der Waals surface area (Å²) < 4.78 is 1.89. The van der Waals surface area contributed by atoms with Crippen molar-refractivity contribution in [3.63, 3.8) is 0 Å². The summed E-state index contributed by atoms with van der Waals surface area (Å²) in [5.74, 6) is 0.782. The number of aryl methyl sites for hydroxylation is 3. The van der Waals surface area contributed by atoms with Crippen LogP contribution < -0.4 is 0 Å². The smallest absolute Gasteiger partial charge is 0.0625 e. The molecule has 0 unspecified atom stereocenters. The molecule has 0 saturated carbocycles. The lowest BCUT2D eigenvalue weighted by atomic mass is 10.0. The molecule has 0 aliphatic heterocycles. The van der Waals surface area contributed by atoms with Crippen LogP contribution in [-0.4, -0.2) is 9.78 Å². The zero-order valence-corrected chi connectivity index (χ0v) is 8.46. The Morgan fingerprint density at radius 3 is 2.58 bits per heavy atom. The van der Waals surface area contributed by atoms with E-state index in [2.05, 4.69) is 32.1 Å². The second-order valence-electron chi connectivity index (χ2n) is 3.85. The molecular formula is C10H18N2. The second kappa shape index (κ2) is 3.74. The minimum absolute atomic E-state index is 0.782. The molecular weight excluding hydrogens is 148 g/mol. The summed E-state index contributed by atoms with van der Waals surface area (Å²) in [6, 6.07) is 0. The standard InChI is InChI=1S/C10H18N2/c1-8(2)5-6-10-7-12(4)11-9(10)3/h7-8H,5-6H2,1-4H3. The van der Waals surface area contributed by atoms with Gasteiger partial charge in [-0.2, -0.15) is 5.10 Å². The van der Waals surface area contributed by atoms with Gasteiger partial charge >= 0.3 is 0 Å². The fourth-order valence-corrected chi connectivity index (χ4v) is 1.34. The Labute approximate surface area is 74.6 Å². The van der Waals surface area contributed by atoms with E-state index in [-0.39, 0.29) is 0 Å². The molecule has 68 valence electrons. The van der Waals surface area contributed by atoms with E-state index in [9.17, 15) is 0 Å². The number of nitrogens with zero attached hydrogens (tertiary/aromatic N) is 2. The van der Waals surface area contributed by atoms with Gasteiger partial charge in [0.1, 0.15) is 0 Å². The predicted octanol–water partition coefficient (Wildman–Crippen LogP) is 2.32. The Bertz CT molecular complexity index is 248. The Morgan fingerprint density at radius 1 is 1.50 bits per heavy atom. The summed E-state index contributed by atoms with van der Waals surface area (Å²) in [7, 11) is 1.98. The first-order valence-electron chi connectivity index (χ1n) is 4.58. The molecule has 0 amide bonds. The van der Waals surface area contributed by atoms with Gasteiger partial charge in [-0.25, -0.2) is 0 Å². The first kappa shape index (κ1) is 9.30. The van der Waals surface area contributed by atoms with Crippen LogP contribution in [0.25, 0.3) is 0 Å². The normalized spacial score (nSPS) is 11.1. The van der Waals surface area contributed by atoms with Gasteiger partial charge in [0.15, 0.2) is 0 Å². The topological polar surface area (TPSA) is 17.8 Å². The molecule has 12 heavy (non-hydrogen) atoms. The zero-order chi connectivity index (χ0) is 9.14. The fraction of sp³-hybridized carbons (Fsp3) is 0.700.